The summed E-state index contributed by atoms with van der Waals surface area (Å²) in [6, 6.07) is 17.1. The highest BCUT2D eigenvalue weighted by Gasteiger charge is 2.13. The van der Waals surface area contributed by atoms with Gasteiger partial charge in [0.05, 0.1) is 0 Å². The summed E-state index contributed by atoms with van der Waals surface area (Å²) in [6.07, 6.45) is 0. The lowest BCUT2D eigenvalue weighted by Crippen LogP contribution is -2.20. The third-order valence-electron chi connectivity index (χ3n) is 5.24. The summed E-state index contributed by atoms with van der Waals surface area (Å²) >= 11 is 6.23. The van der Waals surface area contributed by atoms with E-state index < -0.39 is 0 Å². The van der Waals surface area contributed by atoms with Crippen molar-refractivity contribution in [3.8, 4) is 17.2 Å². The zero-order valence-corrected chi connectivity index (χ0v) is 19.3. The van der Waals surface area contributed by atoms with Gasteiger partial charge >= 0.3 is 0 Å². The van der Waals surface area contributed by atoms with E-state index in [2.05, 4.69) is 24.1 Å². The molecule has 0 fully saturated rings. The van der Waals surface area contributed by atoms with E-state index in [9.17, 15) is 4.79 Å². The van der Waals surface area contributed by atoms with Gasteiger partial charge in [0.15, 0.2) is 12.2 Å². The van der Waals surface area contributed by atoms with E-state index in [1.54, 1.807) is 18.2 Å². The minimum atomic E-state index is -0.241. The van der Waals surface area contributed by atoms with Gasteiger partial charge < -0.3 is 14.5 Å². The van der Waals surface area contributed by atoms with Gasteiger partial charge in [0, 0.05) is 16.3 Å². The highest BCUT2D eigenvalue weighted by atomic mass is 35.5. The molecule has 0 aliphatic rings. The van der Waals surface area contributed by atoms with Crippen LogP contribution in [0, 0.1) is 13.8 Å². The lowest BCUT2D eigenvalue weighted by atomic mass is 10.0. The molecule has 5 nitrogen and oxygen atoms in total. The average Bonchev–Trinajstić information content (AvgIpc) is 3.17. The van der Waals surface area contributed by atoms with Gasteiger partial charge in [-0.1, -0.05) is 43.6 Å². The predicted octanol–water partition coefficient (Wildman–Crippen LogP) is 6.91. The van der Waals surface area contributed by atoms with Gasteiger partial charge in [0.1, 0.15) is 11.3 Å². The first kappa shape index (κ1) is 21.9. The van der Waals surface area contributed by atoms with Crippen LogP contribution in [0.3, 0.4) is 0 Å². The molecule has 164 valence electrons. The van der Waals surface area contributed by atoms with Crippen molar-refractivity contribution in [1.82, 2.24) is 4.98 Å². The Kier molecular flexibility index (Phi) is 6.19. The molecule has 0 atom stereocenters. The largest absolute Gasteiger partial charge is 0.483 e. The first-order valence-electron chi connectivity index (χ1n) is 10.5. The Bertz CT molecular complexity index is 1290. The molecule has 32 heavy (non-hydrogen) atoms. The Morgan fingerprint density at radius 3 is 2.66 bits per heavy atom. The number of halogens is 1. The number of nitrogens with zero attached hydrogens (tertiary/aromatic N) is 1. The van der Waals surface area contributed by atoms with Crippen LogP contribution in [0.1, 0.15) is 36.5 Å². The van der Waals surface area contributed by atoms with Crippen LogP contribution < -0.4 is 10.1 Å². The summed E-state index contributed by atoms with van der Waals surface area (Å²) < 4.78 is 11.7. The molecule has 4 aromatic rings. The molecule has 0 saturated heterocycles. The molecule has 1 heterocycles. The molecule has 4 rings (SSSR count). The Morgan fingerprint density at radius 2 is 1.91 bits per heavy atom. The zero-order valence-electron chi connectivity index (χ0n) is 18.5. The van der Waals surface area contributed by atoms with Crippen LogP contribution in [-0.2, 0) is 4.79 Å². The Morgan fingerprint density at radius 1 is 1.09 bits per heavy atom. The Hall–Kier alpha value is -3.31. The first-order chi connectivity index (χ1) is 15.3. The van der Waals surface area contributed by atoms with E-state index >= 15 is 0 Å². The number of amides is 1. The van der Waals surface area contributed by atoms with Crippen molar-refractivity contribution in [1.29, 1.82) is 0 Å². The maximum absolute atomic E-state index is 12.5. The third kappa shape index (κ3) is 4.78. The zero-order chi connectivity index (χ0) is 22.8. The van der Waals surface area contributed by atoms with Gasteiger partial charge in [-0.3, -0.25) is 4.79 Å². The minimum Gasteiger partial charge on any atom is -0.483 e. The number of fused-ring (bicyclic) bond motifs is 1. The molecule has 0 aliphatic heterocycles. The molecule has 6 heteroatoms. The van der Waals surface area contributed by atoms with Crippen LogP contribution in [0.5, 0.6) is 5.75 Å². The van der Waals surface area contributed by atoms with Gasteiger partial charge in [-0.25, -0.2) is 4.98 Å². The number of carbonyl (C=O) groups is 1. The number of oxazole rings is 1. The molecule has 0 unspecified atom stereocenters. The van der Waals surface area contributed by atoms with Crippen LogP contribution in [0.25, 0.3) is 22.6 Å². The fourth-order valence-electron chi connectivity index (χ4n) is 3.44. The normalized spacial score (nSPS) is 11.2. The number of carbonyl (C=O) groups excluding carboxylic acids is 1. The number of hydrogen-bond acceptors (Lipinski definition) is 4. The van der Waals surface area contributed by atoms with Gasteiger partial charge in [-0.15, -0.1) is 0 Å². The number of hydrogen-bond donors (Lipinski definition) is 1. The topological polar surface area (TPSA) is 64.4 Å². The van der Waals surface area contributed by atoms with Gasteiger partial charge in [0.2, 0.25) is 5.89 Å². The van der Waals surface area contributed by atoms with Crippen LogP contribution in [0.15, 0.2) is 59.0 Å². The minimum absolute atomic E-state index is 0.0762. The first-order valence-corrected chi connectivity index (χ1v) is 10.9. The fourth-order valence-corrected chi connectivity index (χ4v) is 3.62. The van der Waals surface area contributed by atoms with Crippen molar-refractivity contribution < 1.29 is 13.9 Å². The third-order valence-corrected chi connectivity index (χ3v) is 5.65. The maximum Gasteiger partial charge on any atom is 0.262 e. The summed E-state index contributed by atoms with van der Waals surface area (Å²) in [5, 5.41) is 3.53. The molecular weight excluding hydrogens is 424 g/mol. The van der Waals surface area contributed by atoms with Crippen molar-refractivity contribution in [2.75, 3.05) is 11.9 Å². The Balaban J connectivity index is 1.47. The van der Waals surface area contributed by atoms with E-state index in [0.29, 0.717) is 33.6 Å². The number of benzene rings is 3. The number of anilines is 1. The predicted molar refractivity (Wildman–Crippen MR) is 129 cm³/mol. The smallest absolute Gasteiger partial charge is 0.262 e. The molecule has 0 radical (unpaired) electrons. The highest BCUT2D eigenvalue weighted by molar-refractivity contribution is 6.31. The lowest BCUT2D eigenvalue weighted by Gasteiger charge is -2.14. The Labute approximate surface area is 192 Å². The summed E-state index contributed by atoms with van der Waals surface area (Å²) in [4.78, 5) is 17.0. The molecule has 1 amide bonds. The van der Waals surface area contributed by atoms with Crippen LogP contribution in [0.2, 0.25) is 5.02 Å². The van der Waals surface area contributed by atoms with Crippen molar-refractivity contribution in [2.45, 2.75) is 33.6 Å². The molecule has 0 bridgehead atoms. The summed E-state index contributed by atoms with van der Waals surface area (Å²) in [6.45, 7) is 8.07. The summed E-state index contributed by atoms with van der Waals surface area (Å²) in [5.41, 5.74) is 5.87. The quantitative estimate of drug-likeness (QED) is 0.348. The highest BCUT2D eigenvalue weighted by Crippen LogP contribution is 2.30. The van der Waals surface area contributed by atoms with E-state index in [4.69, 9.17) is 20.8 Å². The number of nitrogens with one attached hydrogen (secondary N) is 1. The van der Waals surface area contributed by atoms with E-state index in [-0.39, 0.29) is 12.5 Å². The van der Waals surface area contributed by atoms with Crippen molar-refractivity contribution >= 4 is 34.3 Å². The van der Waals surface area contributed by atoms with Crippen molar-refractivity contribution in [2.24, 2.45) is 0 Å². The number of aromatic nitrogens is 1. The van der Waals surface area contributed by atoms with Crippen LogP contribution >= 0.6 is 11.6 Å². The average molecular weight is 449 g/mol. The molecule has 3 aromatic carbocycles. The summed E-state index contributed by atoms with van der Waals surface area (Å²) in [5.74, 6) is 1.29. The second kappa shape index (κ2) is 9.05. The maximum atomic E-state index is 12.5. The molecule has 0 aliphatic carbocycles. The molecule has 1 N–H and O–H groups in total. The van der Waals surface area contributed by atoms with Crippen LogP contribution in [0.4, 0.5) is 5.69 Å². The second-order valence-corrected chi connectivity index (χ2v) is 8.61. The van der Waals surface area contributed by atoms with E-state index in [1.807, 2.05) is 50.2 Å². The van der Waals surface area contributed by atoms with Gasteiger partial charge in [0.25, 0.3) is 5.91 Å². The molecular formula is C26H25ClN2O3. The van der Waals surface area contributed by atoms with Crippen molar-refractivity contribution in [3.05, 3.63) is 76.3 Å². The van der Waals surface area contributed by atoms with E-state index in [1.165, 1.54) is 0 Å². The summed E-state index contributed by atoms with van der Waals surface area (Å²) in [7, 11) is 0. The van der Waals surface area contributed by atoms with Crippen LogP contribution in [-0.4, -0.2) is 17.5 Å². The molecule has 0 saturated carbocycles. The second-order valence-electron chi connectivity index (χ2n) is 8.20. The SMILES string of the molecule is Cc1ccc(C(C)C)c(OCC(=O)Nc2ccc3oc(-c4ccc(C)c(Cl)c4)nc3c2)c1. The lowest BCUT2D eigenvalue weighted by molar-refractivity contribution is -0.118. The standard InChI is InChI=1S/C26H25ClN2O3/c1-15(2)20-9-5-16(3)11-24(20)31-14-25(30)28-19-8-10-23-22(13-19)29-26(32-23)18-7-6-17(4)21(27)12-18/h5-13,15H,14H2,1-4H3,(H,28,30). The van der Waals surface area contributed by atoms with Gasteiger partial charge in [-0.05, 0) is 72.9 Å². The number of rotatable bonds is 6. The number of aryl methyl sites for hydroxylation is 2. The van der Waals surface area contributed by atoms with Gasteiger partial charge in [-0.2, -0.15) is 0 Å². The molecule has 1 aromatic heterocycles. The monoisotopic (exact) mass is 448 g/mol. The fraction of sp³-hybridized carbons (Fsp3) is 0.231. The molecule has 0 spiro atoms. The van der Waals surface area contributed by atoms with Crippen molar-refractivity contribution in [3.63, 3.8) is 0 Å². The number of ether oxygens (including phenoxy) is 1. The van der Waals surface area contributed by atoms with E-state index in [0.717, 1.165) is 28.0 Å².